The van der Waals surface area contributed by atoms with Gasteiger partial charge < -0.3 is 11.1 Å². The fourth-order valence-electron chi connectivity index (χ4n) is 1.87. The fourth-order valence-corrected chi connectivity index (χ4v) is 2.69. The molecule has 0 aliphatic heterocycles. The molecule has 1 unspecified atom stereocenters. The van der Waals surface area contributed by atoms with Gasteiger partial charge in [0.25, 0.3) is 0 Å². The summed E-state index contributed by atoms with van der Waals surface area (Å²) in [6.45, 7) is 2.07. The Bertz CT molecular complexity index is 418. The van der Waals surface area contributed by atoms with Gasteiger partial charge in [0, 0.05) is 17.8 Å². The summed E-state index contributed by atoms with van der Waals surface area (Å²) < 4.78 is 0. The first-order valence-electron chi connectivity index (χ1n) is 6.35. The SMILES string of the molecule is Cc1ccccc1C(N)CSCC(=O)NC1CC1. The van der Waals surface area contributed by atoms with Crippen LogP contribution in [0.1, 0.15) is 30.0 Å². The molecule has 4 heteroatoms. The van der Waals surface area contributed by atoms with Gasteiger partial charge in [-0.1, -0.05) is 24.3 Å². The number of benzene rings is 1. The number of carbonyl (C=O) groups excluding carboxylic acids is 1. The highest BCUT2D eigenvalue weighted by atomic mass is 32.2. The average Bonchev–Trinajstić information content (AvgIpc) is 3.13. The minimum Gasteiger partial charge on any atom is -0.353 e. The van der Waals surface area contributed by atoms with Gasteiger partial charge in [0.1, 0.15) is 0 Å². The Balaban J connectivity index is 1.72. The number of carbonyl (C=O) groups is 1. The summed E-state index contributed by atoms with van der Waals surface area (Å²) in [4.78, 5) is 11.5. The van der Waals surface area contributed by atoms with Crippen molar-refractivity contribution in [2.45, 2.75) is 31.8 Å². The maximum Gasteiger partial charge on any atom is 0.230 e. The lowest BCUT2D eigenvalue weighted by Gasteiger charge is -2.14. The number of nitrogens with two attached hydrogens (primary N) is 1. The van der Waals surface area contributed by atoms with Crippen LogP contribution >= 0.6 is 11.8 Å². The molecule has 1 amide bonds. The van der Waals surface area contributed by atoms with E-state index in [0.29, 0.717) is 11.8 Å². The van der Waals surface area contributed by atoms with E-state index in [2.05, 4.69) is 24.4 Å². The molecule has 0 radical (unpaired) electrons. The zero-order chi connectivity index (χ0) is 13.0. The van der Waals surface area contributed by atoms with Crippen LogP contribution in [0.25, 0.3) is 0 Å². The van der Waals surface area contributed by atoms with Crippen LogP contribution in [0.15, 0.2) is 24.3 Å². The van der Waals surface area contributed by atoms with E-state index in [4.69, 9.17) is 5.73 Å². The Hall–Kier alpha value is -1.00. The first kappa shape index (κ1) is 13.4. The second-order valence-electron chi connectivity index (χ2n) is 4.82. The van der Waals surface area contributed by atoms with Gasteiger partial charge in [0.05, 0.1) is 5.75 Å². The van der Waals surface area contributed by atoms with Gasteiger partial charge in [-0.3, -0.25) is 4.79 Å². The molecular weight excluding hydrogens is 244 g/mol. The van der Waals surface area contributed by atoms with Gasteiger partial charge in [-0.05, 0) is 30.9 Å². The zero-order valence-corrected chi connectivity index (χ0v) is 11.5. The van der Waals surface area contributed by atoms with E-state index in [1.54, 1.807) is 11.8 Å². The molecule has 1 aliphatic rings. The number of nitrogens with one attached hydrogen (secondary N) is 1. The third-order valence-electron chi connectivity index (χ3n) is 3.06. The Labute approximate surface area is 113 Å². The van der Waals surface area contributed by atoms with Crippen molar-refractivity contribution in [3.8, 4) is 0 Å². The third-order valence-corrected chi connectivity index (χ3v) is 4.12. The van der Waals surface area contributed by atoms with Crippen LogP contribution in [0.5, 0.6) is 0 Å². The molecule has 0 saturated heterocycles. The van der Waals surface area contributed by atoms with Crippen LogP contribution in [-0.4, -0.2) is 23.5 Å². The lowest BCUT2D eigenvalue weighted by atomic mass is 10.0. The van der Waals surface area contributed by atoms with Crippen molar-refractivity contribution < 1.29 is 4.79 Å². The van der Waals surface area contributed by atoms with E-state index in [0.717, 1.165) is 18.6 Å². The maximum absolute atomic E-state index is 11.5. The molecule has 98 valence electrons. The third kappa shape index (κ3) is 4.03. The highest BCUT2D eigenvalue weighted by Crippen LogP contribution is 2.21. The number of thioether (sulfide) groups is 1. The van der Waals surface area contributed by atoms with Crippen molar-refractivity contribution in [1.29, 1.82) is 0 Å². The highest BCUT2D eigenvalue weighted by molar-refractivity contribution is 7.99. The zero-order valence-electron chi connectivity index (χ0n) is 10.7. The van der Waals surface area contributed by atoms with Crippen LogP contribution in [0.4, 0.5) is 0 Å². The average molecular weight is 264 g/mol. The van der Waals surface area contributed by atoms with Crippen molar-refractivity contribution in [3.63, 3.8) is 0 Å². The Morgan fingerprint density at radius 3 is 2.89 bits per heavy atom. The Kier molecular flexibility index (Phi) is 4.66. The summed E-state index contributed by atoms with van der Waals surface area (Å²) in [5.41, 5.74) is 8.53. The standard InChI is InChI=1S/C14H20N2OS/c1-10-4-2-3-5-12(10)13(15)8-18-9-14(17)16-11-6-7-11/h2-5,11,13H,6-9,15H2,1H3,(H,16,17). The van der Waals surface area contributed by atoms with Crippen LogP contribution in [0.2, 0.25) is 0 Å². The number of rotatable bonds is 6. The van der Waals surface area contributed by atoms with Crippen molar-refractivity contribution in [3.05, 3.63) is 35.4 Å². The molecule has 1 atom stereocenters. The fraction of sp³-hybridized carbons (Fsp3) is 0.500. The number of aryl methyl sites for hydroxylation is 1. The van der Waals surface area contributed by atoms with E-state index in [1.807, 2.05) is 12.1 Å². The summed E-state index contributed by atoms with van der Waals surface area (Å²) in [7, 11) is 0. The lowest BCUT2D eigenvalue weighted by Crippen LogP contribution is -2.27. The summed E-state index contributed by atoms with van der Waals surface area (Å²) in [5, 5.41) is 2.98. The summed E-state index contributed by atoms with van der Waals surface area (Å²) in [6, 6.07) is 8.60. The quantitative estimate of drug-likeness (QED) is 0.826. The molecule has 1 fully saturated rings. The first-order chi connectivity index (χ1) is 8.66. The lowest BCUT2D eigenvalue weighted by molar-refractivity contribution is -0.118. The van der Waals surface area contributed by atoms with Crippen molar-refractivity contribution in [2.75, 3.05) is 11.5 Å². The Morgan fingerprint density at radius 2 is 2.22 bits per heavy atom. The molecular formula is C14H20N2OS. The van der Waals surface area contributed by atoms with Crippen molar-refractivity contribution in [2.24, 2.45) is 5.73 Å². The van der Waals surface area contributed by atoms with Crippen LogP contribution in [0, 0.1) is 6.92 Å². The van der Waals surface area contributed by atoms with Gasteiger partial charge in [0.2, 0.25) is 5.91 Å². The van der Waals surface area contributed by atoms with Gasteiger partial charge in [-0.15, -0.1) is 0 Å². The highest BCUT2D eigenvalue weighted by Gasteiger charge is 2.23. The van der Waals surface area contributed by atoms with Gasteiger partial charge in [-0.25, -0.2) is 0 Å². The van der Waals surface area contributed by atoms with Crippen LogP contribution in [0.3, 0.4) is 0 Å². The predicted octanol–water partition coefficient (Wildman–Crippen LogP) is 2.01. The molecule has 0 heterocycles. The molecule has 18 heavy (non-hydrogen) atoms. The second-order valence-corrected chi connectivity index (χ2v) is 5.85. The normalized spacial score (nSPS) is 16.3. The van der Waals surface area contributed by atoms with Crippen molar-refractivity contribution >= 4 is 17.7 Å². The van der Waals surface area contributed by atoms with E-state index in [9.17, 15) is 4.79 Å². The number of hydrogen-bond donors (Lipinski definition) is 2. The largest absolute Gasteiger partial charge is 0.353 e. The number of hydrogen-bond acceptors (Lipinski definition) is 3. The Morgan fingerprint density at radius 1 is 1.50 bits per heavy atom. The molecule has 1 saturated carbocycles. The van der Waals surface area contributed by atoms with E-state index < -0.39 is 0 Å². The minimum absolute atomic E-state index is 0.00456. The van der Waals surface area contributed by atoms with E-state index >= 15 is 0 Å². The monoisotopic (exact) mass is 264 g/mol. The summed E-state index contributed by atoms with van der Waals surface area (Å²) in [6.07, 6.45) is 2.28. The predicted molar refractivity (Wildman–Crippen MR) is 76.6 cm³/mol. The topological polar surface area (TPSA) is 55.1 Å². The van der Waals surface area contributed by atoms with E-state index in [1.165, 1.54) is 11.1 Å². The van der Waals surface area contributed by atoms with E-state index in [-0.39, 0.29) is 11.9 Å². The molecule has 0 bridgehead atoms. The molecule has 0 aromatic heterocycles. The molecule has 3 N–H and O–H groups in total. The van der Waals surface area contributed by atoms with Crippen LogP contribution < -0.4 is 11.1 Å². The van der Waals surface area contributed by atoms with Crippen LogP contribution in [-0.2, 0) is 4.79 Å². The molecule has 1 aromatic rings. The molecule has 1 aromatic carbocycles. The molecule has 1 aliphatic carbocycles. The second kappa shape index (κ2) is 6.25. The van der Waals surface area contributed by atoms with Gasteiger partial charge in [0.15, 0.2) is 0 Å². The summed E-state index contributed by atoms with van der Waals surface area (Å²) >= 11 is 1.61. The molecule has 2 rings (SSSR count). The minimum atomic E-state index is 0.00456. The molecule has 0 spiro atoms. The summed E-state index contributed by atoms with van der Waals surface area (Å²) in [5.74, 6) is 1.43. The number of amides is 1. The van der Waals surface area contributed by atoms with Gasteiger partial charge >= 0.3 is 0 Å². The molecule has 3 nitrogen and oxygen atoms in total. The first-order valence-corrected chi connectivity index (χ1v) is 7.50. The maximum atomic E-state index is 11.5. The van der Waals surface area contributed by atoms with Crippen molar-refractivity contribution in [1.82, 2.24) is 5.32 Å². The smallest absolute Gasteiger partial charge is 0.230 e. The van der Waals surface area contributed by atoms with Gasteiger partial charge in [-0.2, -0.15) is 11.8 Å².